The van der Waals surface area contributed by atoms with Crippen LogP contribution in [0.4, 0.5) is 0 Å². The van der Waals surface area contributed by atoms with Crippen molar-refractivity contribution in [1.29, 1.82) is 0 Å². The van der Waals surface area contributed by atoms with E-state index in [4.69, 9.17) is 9.47 Å². The maximum absolute atomic E-state index is 12.1. The first-order valence-electron chi connectivity index (χ1n) is 7.14. The third kappa shape index (κ3) is 3.62. The Morgan fingerprint density at radius 2 is 2.09 bits per heavy atom. The zero-order chi connectivity index (χ0) is 16.2. The quantitative estimate of drug-likeness (QED) is 0.877. The molecule has 0 saturated heterocycles. The zero-order valence-electron chi connectivity index (χ0n) is 12.5. The molecule has 0 unspecified atom stereocenters. The number of hydrogen-bond acceptors (Lipinski definition) is 5. The summed E-state index contributed by atoms with van der Waals surface area (Å²) in [7, 11) is 0. The summed E-state index contributed by atoms with van der Waals surface area (Å²) < 4.78 is 10.5. The van der Waals surface area contributed by atoms with Crippen LogP contribution >= 0.6 is 11.3 Å². The van der Waals surface area contributed by atoms with E-state index in [1.54, 1.807) is 19.1 Å². The third-order valence-electron chi connectivity index (χ3n) is 3.39. The van der Waals surface area contributed by atoms with Gasteiger partial charge in [-0.2, -0.15) is 0 Å². The average molecular weight is 332 g/mol. The van der Waals surface area contributed by atoms with Gasteiger partial charge in [0.15, 0.2) is 11.5 Å². The van der Waals surface area contributed by atoms with Gasteiger partial charge in [0.2, 0.25) is 12.7 Å². The predicted octanol–water partition coefficient (Wildman–Crippen LogP) is 1.91. The van der Waals surface area contributed by atoms with Crippen LogP contribution < -0.4 is 20.1 Å². The molecule has 0 spiro atoms. The standard InChI is InChI=1S/C16H16N2O4S/c1-10(18-16(20)14-3-2-6-23-14)15(19)17-8-11-4-5-12-13(7-11)22-9-21-12/h2-7,10H,8-9H2,1H3,(H,17,19)(H,18,20)/t10-/m0/s1. The number of rotatable bonds is 5. The number of ether oxygens (including phenoxy) is 2. The van der Waals surface area contributed by atoms with E-state index in [2.05, 4.69) is 10.6 Å². The SMILES string of the molecule is C[C@H](NC(=O)c1cccs1)C(=O)NCc1ccc2c(c1)OCO2. The molecule has 3 rings (SSSR count). The van der Waals surface area contributed by atoms with Crippen LogP contribution in [0.2, 0.25) is 0 Å². The van der Waals surface area contributed by atoms with Crippen molar-refractivity contribution in [2.24, 2.45) is 0 Å². The highest BCUT2D eigenvalue weighted by atomic mass is 32.1. The number of fused-ring (bicyclic) bond motifs is 1. The van der Waals surface area contributed by atoms with E-state index in [-0.39, 0.29) is 18.6 Å². The summed E-state index contributed by atoms with van der Waals surface area (Å²) in [5, 5.41) is 7.29. The first-order valence-corrected chi connectivity index (χ1v) is 8.02. The lowest BCUT2D eigenvalue weighted by Gasteiger charge is -2.13. The van der Waals surface area contributed by atoms with Gasteiger partial charge in [0.25, 0.3) is 5.91 Å². The number of nitrogens with one attached hydrogen (secondary N) is 2. The maximum atomic E-state index is 12.1. The molecule has 2 N–H and O–H groups in total. The number of amides is 2. The second-order valence-corrected chi connectivity index (χ2v) is 6.03. The lowest BCUT2D eigenvalue weighted by atomic mass is 10.2. The first kappa shape index (κ1) is 15.4. The van der Waals surface area contributed by atoms with Gasteiger partial charge >= 0.3 is 0 Å². The molecule has 1 aromatic heterocycles. The van der Waals surface area contributed by atoms with Gasteiger partial charge in [0, 0.05) is 6.54 Å². The Morgan fingerprint density at radius 3 is 2.87 bits per heavy atom. The minimum absolute atomic E-state index is 0.219. The molecule has 7 heteroatoms. The van der Waals surface area contributed by atoms with Crippen LogP contribution in [0, 0.1) is 0 Å². The van der Waals surface area contributed by atoms with E-state index in [1.165, 1.54) is 11.3 Å². The van der Waals surface area contributed by atoms with Crippen molar-refractivity contribution in [2.75, 3.05) is 6.79 Å². The Labute approximate surface area is 137 Å². The number of carbonyl (C=O) groups excluding carboxylic acids is 2. The Balaban J connectivity index is 1.51. The second-order valence-electron chi connectivity index (χ2n) is 5.08. The molecule has 0 aliphatic carbocycles. The largest absolute Gasteiger partial charge is 0.454 e. The molecule has 2 amide bonds. The summed E-state index contributed by atoms with van der Waals surface area (Å²) in [5.74, 6) is 0.894. The summed E-state index contributed by atoms with van der Waals surface area (Å²) in [6, 6.07) is 8.41. The molecule has 1 aliphatic rings. The average Bonchev–Trinajstić information content (AvgIpc) is 3.22. The van der Waals surface area contributed by atoms with E-state index in [9.17, 15) is 9.59 Å². The summed E-state index contributed by atoms with van der Waals surface area (Å²) in [6.07, 6.45) is 0. The predicted molar refractivity (Wildman–Crippen MR) is 85.7 cm³/mol. The Kier molecular flexibility index (Phi) is 4.47. The Bertz CT molecular complexity index is 715. The fourth-order valence-electron chi connectivity index (χ4n) is 2.13. The van der Waals surface area contributed by atoms with Crippen LogP contribution in [-0.4, -0.2) is 24.6 Å². The summed E-state index contributed by atoms with van der Waals surface area (Å²) in [6.45, 7) is 2.23. The van der Waals surface area contributed by atoms with Gasteiger partial charge in [0.1, 0.15) is 6.04 Å². The van der Waals surface area contributed by atoms with Crippen LogP contribution in [0.25, 0.3) is 0 Å². The fraction of sp³-hybridized carbons (Fsp3) is 0.250. The monoisotopic (exact) mass is 332 g/mol. The summed E-state index contributed by atoms with van der Waals surface area (Å²) in [5.41, 5.74) is 0.902. The minimum atomic E-state index is -0.612. The first-order chi connectivity index (χ1) is 11.1. The zero-order valence-corrected chi connectivity index (χ0v) is 13.3. The van der Waals surface area contributed by atoms with Crippen molar-refractivity contribution in [1.82, 2.24) is 10.6 Å². The highest BCUT2D eigenvalue weighted by Crippen LogP contribution is 2.32. The van der Waals surface area contributed by atoms with Crippen LogP contribution in [0.5, 0.6) is 11.5 Å². The molecule has 2 heterocycles. The molecular formula is C16H16N2O4S. The van der Waals surface area contributed by atoms with Gasteiger partial charge in [-0.15, -0.1) is 11.3 Å². The van der Waals surface area contributed by atoms with Crippen molar-refractivity contribution in [3.05, 3.63) is 46.2 Å². The molecule has 6 nitrogen and oxygen atoms in total. The van der Waals surface area contributed by atoms with Gasteiger partial charge in [-0.05, 0) is 36.1 Å². The van der Waals surface area contributed by atoms with E-state index >= 15 is 0 Å². The lowest BCUT2D eigenvalue weighted by Crippen LogP contribution is -2.44. The van der Waals surface area contributed by atoms with Crippen molar-refractivity contribution >= 4 is 23.2 Å². The summed E-state index contributed by atoms with van der Waals surface area (Å²) in [4.78, 5) is 24.6. The molecule has 120 valence electrons. The van der Waals surface area contributed by atoms with E-state index in [1.807, 2.05) is 23.6 Å². The molecule has 0 fully saturated rings. The third-order valence-corrected chi connectivity index (χ3v) is 4.26. The van der Waals surface area contributed by atoms with Crippen molar-refractivity contribution < 1.29 is 19.1 Å². The smallest absolute Gasteiger partial charge is 0.261 e. The van der Waals surface area contributed by atoms with Crippen LogP contribution in [0.15, 0.2) is 35.7 Å². The molecule has 1 aromatic carbocycles. The van der Waals surface area contributed by atoms with E-state index in [0.29, 0.717) is 22.9 Å². The number of carbonyl (C=O) groups is 2. The highest BCUT2D eigenvalue weighted by Gasteiger charge is 2.18. The van der Waals surface area contributed by atoms with Crippen molar-refractivity contribution in [2.45, 2.75) is 19.5 Å². The van der Waals surface area contributed by atoms with Gasteiger partial charge in [-0.3, -0.25) is 9.59 Å². The van der Waals surface area contributed by atoms with Crippen LogP contribution in [0.3, 0.4) is 0 Å². The van der Waals surface area contributed by atoms with Crippen LogP contribution in [-0.2, 0) is 11.3 Å². The van der Waals surface area contributed by atoms with Gasteiger partial charge in [-0.1, -0.05) is 12.1 Å². The molecule has 0 bridgehead atoms. The maximum Gasteiger partial charge on any atom is 0.261 e. The van der Waals surface area contributed by atoms with Crippen molar-refractivity contribution in [3.63, 3.8) is 0 Å². The molecular weight excluding hydrogens is 316 g/mol. The summed E-state index contributed by atoms with van der Waals surface area (Å²) >= 11 is 1.34. The van der Waals surface area contributed by atoms with Gasteiger partial charge in [-0.25, -0.2) is 0 Å². The topological polar surface area (TPSA) is 76.7 Å². The minimum Gasteiger partial charge on any atom is -0.454 e. The normalized spacial score (nSPS) is 13.4. The van der Waals surface area contributed by atoms with Crippen LogP contribution in [0.1, 0.15) is 22.2 Å². The molecule has 0 radical (unpaired) electrons. The number of thiophene rings is 1. The molecule has 2 aromatic rings. The second kappa shape index (κ2) is 6.70. The molecule has 1 aliphatic heterocycles. The Morgan fingerprint density at radius 1 is 1.26 bits per heavy atom. The highest BCUT2D eigenvalue weighted by molar-refractivity contribution is 7.12. The Hall–Kier alpha value is -2.54. The fourth-order valence-corrected chi connectivity index (χ4v) is 2.76. The number of hydrogen-bond donors (Lipinski definition) is 2. The number of benzene rings is 1. The van der Waals surface area contributed by atoms with Gasteiger partial charge in [0.05, 0.1) is 4.88 Å². The molecule has 1 atom stereocenters. The van der Waals surface area contributed by atoms with Crippen molar-refractivity contribution in [3.8, 4) is 11.5 Å². The van der Waals surface area contributed by atoms with E-state index < -0.39 is 6.04 Å². The molecule has 0 saturated carbocycles. The molecule has 23 heavy (non-hydrogen) atoms. The lowest BCUT2D eigenvalue weighted by molar-refractivity contribution is -0.122. The van der Waals surface area contributed by atoms with Gasteiger partial charge < -0.3 is 20.1 Å². The van der Waals surface area contributed by atoms with E-state index in [0.717, 1.165) is 5.56 Å².